The maximum atomic E-state index is 12.2. The first kappa shape index (κ1) is 20.8. The predicted molar refractivity (Wildman–Crippen MR) is 99.2 cm³/mol. The number of rotatable bonds is 8. The summed E-state index contributed by atoms with van der Waals surface area (Å²) in [4.78, 5) is 4.54. The number of alkyl halides is 3. The number of guanidine groups is 1. The normalized spacial score (nSPS) is 12.3. The molecule has 0 aliphatic rings. The molecule has 0 fully saturated rings. The number of nitrogens with one attached hydrogen (secondary N) is 2. The van der Waals surface area contributed by atoms with Crippen LogP contribution in [0, 0.1) is 0 Å². The van der Waals surface area contributed by atoms with E-state index in [1.165, 1.54) is 0 Å². The van der Waals surface area contributed by atoms with E-state index < -0.39 is 12.8 Å². The Morgan fingerprint density at radius 3 is 2.59 bits per heavy atom. The van der Waals surface area contributed by atoms with E-state index in [0.29, 0.717) is 24.6 Å². The van der Waals surface area contributed by atoms with Gasteiger partial charge in [0.25, 0.3) is 0 Å². The molecule has 2 N–H and O–H groups in total. The van der Waals surface area contributed by atoms with Crippen molar-refractivity contribution in [2.45, 2.75) is 32.8 Å². The monoisotopic (exact) mass is 382 g/mol. The lowest BCUT2D eigenvalue weighted by molar-refractivity contribution is -0.176. The number of benzene rings is 1. The maximum Gasteiger partial charge on any atom is 0.411 e. The first-order valence-electron chi connectivity index (χ1n) is 8.71. The fourth-order valence-corrected chi connectivity index (χ4v) is 2.47. The molecule has 1 aromatic heterocycles. The summed E-state index contributed by atoms with van der Waals surface area (Å²) in [5.74, 6) is 0.681. The second-order valence-electron chi connectivity index (χ2n) is 6.16. The van der Waals surface area contributed by atoms with Gasteiger partial charge < -0.3 is 19.9 Å². The second-order valence-corrected chi connectivity index (χ2v) is 6.16. The largest absolute Gasteiger partial charge is 0.411 e. The molecule has 5 nitrogen and oxygen atoms in total. The van der Waals surface area contributed by atoms with Crippen LogP contribution in [0.25, 0.3) is 0 Å². The topological polar surface area (TPSA) is 50.6 Å². The third-order valence-electron chi connectivity index (χ3n) is 3.64. The third kappa shape index (κ3) is 8.17. The van der Waals surface area contributed by atoms with Crippen LogP contribution in [0.5, 0.6) is 0 Å². The Balaban J connectivity index is 1.89. The van der Waals surface area contributed by atoms with Gasteiger partial charge in [-0.25, -0.2) is 4.99 Å². The van der Waals surface area contributed by atoms with E-state index in [4.69, 9.17) is 4.74 Å². The van der Waals surface area contributed by atoms with Crippen molar-refractivity contribution in [2.24, 2.45) is 12.0 Å². The van der Waals surface area contributed by atoms with Crippen LogP contribution in [0.15, 0.2) is 47.7 Å². The third-order valence-corrected chi connectivity index (χ3v) is 3.64. The number of halogens is 3. The second kappa shape index (κ2) is 10.0. The molecule has 0 aliphatic carbocycles. The summed E-state index contributed by atoms with van der Waals surface area (Å²) in [6.07, 6.45) is -0.329. The SMILES string of the molecule is CCNC(=NCc1ccn(C)c1)NCc1cccc(COCC(F)(F)F)c1. The Labute approximate surface area is 157 Å². The van der Waals surface area contributed by atoms with Gasteiger partial charge in [0.05, 0.1) is 13.2 Å². The molecule has 0 saturated heterocycles. The van der Waals surface area contributed by atoms with Crippen molar-refractivity contribution in [3.63, 3.8) is 0 Å². The number of aromatic nitrogens is 1. The van der Waals surface area contributed by atoms with Gasteiger partial charge in [0.1, 0.15) is 6.61 Å². The number of hydrogen-bond donors (Lipinski definition) is 2. The zero-order chi connectivity index (χ0) is 19.7. The van der Waals surface area contributed by atoms with Crippen molar-refractivity contribution in [3.05, 3.63) is 59.4 Å². The fourth-order valence-electron chi connectivity index (χ4n) is 2.47. The van der Waals surface area contributed by atoms with E-state index in [1.54, 1.807) is 12.1 Å². The predicted octanol–water partition coefficient (Wildman–Crippen LogP) is 3.36. The summed E-state index contributed by atoms with van der Waals surface area (Å²) in [5.41, 5.74) is 2.75. The van der Waals surface area contributed by atoms with E-state index in [1.807, 2.05) is 49.1 Å². The minimum atomic E-state index is -4.31. The minimum absolute atomic E-state index is 0.0739. The van der Waals surface area contributed by atoms with Crippen LogP contribution in [0.1, 0.15) is 23.6 Å². The van der Waals surface area contributed by atoms with Gasteiger partial charge in [-0.2, -0.15) is 13.2 Å². The summed E-state index contributed by atoms with van der Waals surface area (Å²) in [7, 11) is 1.96. The van der Waals surface area contributed by atoms with Crippen molar-refractivity contribution in [1.29, 1.82) is 0 Å². The van der Waals surface area contributed by atoms with E-state index in [2.05, 4.69) is 15.6 Å². The Hall–Kier alpha value is -2.48. The van der Waals surface area contributed by atoms with E-state index in [9.17, 15) is 13.2 Å². The molecule has 8 heteroatoms. The van der Waals surface area contributed by atoms with Crippen LogP contribution in [0.3, 0.4) is 0 Å². The van der Waals surface area contributed by atoms with Crippen molar-refractivity contribution in [1.82, 2.24) is 15.2 Å². The minimum Gasteiger partial charge on any atom is -0.367 e. The number of aliphatic imine (C=N–C) groups is 1. The Kier molecular flexibility index (Phi) is 7.72. The van der Waals surface area contributed by atoms with Gasteiger partial charge in [0.15, 0.2) is 5.96 Å². The average Bonchev–Trinajstić information content (AvgIpc) is 3.02. The van der Waals surface area contributed by atoms with Crippen molar-refractivity contribution in [3.8, 4) is 0 Å². The lowest BCUT2D eigenvalue weighted by Gasteiger charge is -2.12. The van der Waals surface area contributed by atoms with Crippen LogP contribution >= 0.6 is 0 Å². The molecule has 0 amide bonds. The summed E-state index contributed by atoms with van der Waals surface area (Å²) < 4.78 is 43.2. The first-order chi connectivity index (χ1) is 12.9. The quantitative estimate of drug-likeness (QED) is 0.544. The summed E-state index contributed by atoms with van der Waals surface area (Å²) in [6, 6.07) is 9.29. The molecular weight excluding hydrogens is 357 g/mol. The van der Waals surface area contributed by atoms with Gasteiger partial charge in [0, 0.05) is 32.5 Å². The highest BCUT2D eigenvalue weighted by atomic mass is 19.4. The molecule has 27 heavy (non-hydrogen) atoms. The molecule has 0 unspecified atom stereocenters. The first-order valence-corrected chi connectivity index (χ1v) is 8.71. The molecule has 0 radical (unpaired) electrons. The molecule has 2 rings (SSSR count). The van der Waals surface area contributed by atoms with Gasteiger partial charge in [-0.1, -0.05) is 24.3 Å². The number of aryl methyl sites for hydroxylation is 1. The standard InChI is InChI=1S/C19H25F3N4O/c1-3-23-18(25-11-17-7-8-26(2)12-17)24-10-15-5-4-6-16(9-15)13-27-14-19(20,21)22/h4-9,12H,3,10-11,13-14H2,1-2H3,(H2,23,24,25). The van der Waals surface area contributed by atoms with Crippen LogP contribution in [-0.4, -0.2) is 29.9 Å². The summed E-state index contributed by atoms with van der Waals surface area (Å²) >= 11 is 0. The van der Waals surface area contributed by atoms with Crippen molar-refractivity contribution in [2.75, 3.05) is 13.2 Å². The van der Waals surface area contributed by atoms with Crippen molar-refractivity contribution < 1.29 is 17.9 Å². The van der Waals surface area contributed by atoms with Gasteiger partial charge in [-0.05, 0) is 29.7 Å². The molecule has 0 aliphatic heterocycles. The van der Waals surface area contributed by atoms with Crippen molar-refractivity contribution >= 4 is 5.96 Å². The molecule has 1 heterocycles. The van der Waals surface area contributed by atoms with E-state index in [-0.39, 0.29) is 6.61 Å². The highest BCUT2D eigenvalue weighted by Gasteiger charge is 2.27. The zero-order valence-electron chi connectivity index (χ0n) is 15.5. The van der Waals surface area contributed by atoms with Gasteiger partial charge in [-0.15, -0.1) is 0 Å². The molecule has 148 valence electrons. The van der Waals surface area contributed by atoms with E-state index >= 15 is 0 Å². The number of nitrogens with zero attached hydrogens (tertiary/aromatic N) is 2. The smallest absolute Gasteiger partial charge is 0.367 e. The summed E-state index contributed by atoms with van der Waals surface area (Å²) in [6.45, 7) is 2.46. The number of hydrogen-bond acceptors (Lipinski definition) is 2. The van der Waals surface area contributed by atoms with E-state index in [0.717, 1.165) is 17.7 Å². The van der Waals surface area contributed by atoms with Gasteiger partial charge in [-0.3, -0.25) is 0 Å². The fraction of sp³-hybridized carbons (Fsp3) is 0.421. The Morgan fingerprint density at radius 1 is 1.15 bits per heavy atom. The Morgan fingerprint density at radius 2 is 1.93 bits per heavy atom. The molecule has 0 bridgehead atoms. The number of ether oxygens (including phenoxy) is 1. The van der Waals surface area contributed by atoms with Crippen LogP contribution in [-0.2, 0) is 31.5 Å². The van der Waals surface area contributed by atoms with Crippen LogP contribution in [0.4, 0.5) is 13.2 Å². The average molecular weight is 382 g/mol. The molecule has 0 spiro atoms. The molecule has 1 aromatic carbocycles. The highest BCUT2D eigenvalue weighted by Crippen LogP contribution is 2.16. The molecule has 2 aromatic rings. The lowest BCUT2D eigenvalue weighted by atomic mass is 10.1. The molecule has 0 atom stereocenters. The van der Waals surface area contributed by atoms with Crippen LogP contribution in [0.2, 0.25) is 0 Å². The van der Waals surface area contributed by atoms with Gasteiger partial charge >= 0.3 is 6.18 Å². The summed E-state index contributed by atoms with van der Waals surface area (Å²) in [5, 5.41) is 6.41. The molecular formula is C19H25F3N4O. The van der Waals surface area contributed by atoms with Crippen LogP contribution < -0.4 is 10.6 Å². The van der Waals surface area contributed by atoms with Gasteiger partial charge in [0.2, 0.25) is 0 Å². The Bertz CT molecular complexity index is 741. The lowest BCUT2D eigenvalue weighted by Crippen LogP contribution is -2.36. The zero-order valence-corrected chi connectivity index (χ0v) is 15.5. The molecule has 0 saturated carbocycles. The maximum absolute atomic E-state index is 12.2. The highest BCUT2D eigenvalue weighted by molar-refractivity contribution is 5.79.